The molecule has 194 valence electrons. The maximum Gasteiger partial charge on any atom is 0.341 e. The van der Waals surface area contributed by atoms with Gasteiger partial charge in [0.2, 0.25) is 6.17 Å². The summed E-state index contributed by atoms with van der Waals surface area (Å²) < 4.78 is 33.5. The standard InChI is InChI=1S/C29H37FO5Si/c1-28(2,3)27(32)33-18-21-22(17-23-24(21)25(30)26(31)34-23)35-36(29(4,5)6,19-13-9-7-10-14-19)20-15-11-8-12-16-20/h7-16,21-25H,17-18H2,1-6H3. The molecular weight excluding hydrogens is 475 g/mol. The van der Waals surface area contributed by atoms with E-state index in [2.05, 4.69) is 45.0 Å². The second-order valence-corrected chi connectivity index (χ2v) is 16.3. The van der Waals surface area contributed by atoms with Crippen molar-refractivity contribution in [2.75, 3.05) is 6.61 Å². The summed E-state index contributed by atoms with van der Waals surface area (Å²) in [6.45, 7) is 11.9. The maximum absolute atomic E-state index is 15.1. The molecule has 36 heavy (non-hydrogen) atoms. The number of alkyl halides is 1. The zero-order chi connectivity index (χ0) is 26.3. The van der Waals surface area contributed by atoms with Crippen LogP contribution in [0.5, 0.6) is 0 Å². The molecule has 1 aliphatic heterocycles. The Labute approximate surface area is 214 Å². The Hall–Kier alpha value is -2.51. The van der Waals surface area contributed by atoms with Crippen LogP contribution in [-0.2, 0) is 23.5 Å². The minimum absolute atomic E-state index is 0.0167. The van der Waals surface area contributed by atoms with Gasteiger partial charge in [-0.3, -0.25) is 4.79 Å². The quantitative estimate of drug-likeness (QED) is 0.424. The monoisotopic (exact) mass is 512 g/mol. The van der Waals surface area contributed by atoms with Gasteiger partial charge < -0.3 is 13.9 Å². The molecule has 0 N–H and O–H groups in total. The Morgan fingerprint density at radius 1 is 0.972 bits per heavy atom. The summed E-state index contributed by atoms with van der Waals surface area (Å²) in [4.78, 5) is 24.7. The highest BCUT2D eigenvalue weighted by atomic mass is 28.4. The van der Waals surface area contributed by atoms with Crippen molar-refractivity contribution in [3.05, 3.63) is 60.7 Å². The second kappa shape index (κ2) is 9.75. The van der Waals surface area contributed by atoms with Crippen LogP contribution in [-0.4, -0.2) is 45.2 Å². The lowest BCUT2D eigenvalue weighted by atomic mass is 9.91. The Bertz CT molecular complexity index is 1040. The molecule has 2 aromatic rings. The lowest BCUT2D eigenvalue weighted by molar-refractivity contribution is -0.156. The summed E-state index contributed by atoms with van der Waals surface area (Å²) in [5.74, 6) is -2.39. The third kappa shape index (κ3) is 4.75. The molecule has 1 saturated carbocycles. The molecule has 5 nitrogen and oxygen atoms in total. The van der Waals surface area contributed by atoms with Crippen molar-refractivity contribution in [2.24, 2.45) is 17.3 Å². The molecule has 5 atom stereocenters. The molecule has 5 unspecified atom stereocenters. The van der Waals surface area contributed by atoms with E-state index in [1.807, 2.05) is 36.4 Å². The summed E-state index contributed by atoms with van der Waals surface area (Å²) in [6, 6.07) is 20.4. The van der Waals surface area contributed by atoms with E-state index in [0.29, 0.717) is 6.42 Å². The molecule has 0 spiro atoms. The fraction of sp³-hybridized carbons (Fsp3) is 0.517. The van der Waals surface area contributed by atoms with Gasteiger partial charge in [-0.2, -0.15) is 0 Å². The number of rotatable bonds is 6. The lowest BCUT2D eigenvalue weighted by Crippen LogP contribution is -2.68. The van der Waals surface area contributed by atoms with Crippen molar-refractivity contribution in [3.63, 3.8) is 0 Å². The Morgan fingerprint density at radius 3 is 1.97 bits per heavy atom. The highest BCUT2D eigenvalue weighted by molar-refractivity contribution is 6.99. The van der Waals surface area contributed by atoms with Crippen LogP contribution < -0.4 is 10.4 Å². The van der Waals surface area contributed by atoms with E-state index in [1.165, 1.54) is 0 Å². The van der Waals surface area contributed by atoms with Gasteiger partial charge in [-0.15, -0.1) is 0 Å². The predicted octanol–water partition coefficient (Wildman–Crippen LogP) is 4.42. The number of esters is 2. The molecule has 7 heteroatoms. The van der Waals surface area contributed by atoms with Crippen molar-refractivity contribution in [3.8, 4) is 0 Å². The molecule has 0 aromatic heterocycles. The van der Waals surface area contributed by atoms with E-state index in [0.717, 1.165) is 10.4 Å². The number of carbonyl (C=O) groups excluding carboxylic acids is 2. The van der Waals surface area contributed by atoms with E-state index < -0.39 is 49.9 Å². The first-order valence-electron chi connectivity index (χ1n) is 12.7. The molecule has 2 aromatic carbocycles. The highest BCUT2D eigenvalue weighted by Crippen LogP contribution is 2.47. The van der Waals surface area contributed by atoms with Gasteiger partial charge in [0.1, 0.15) is 6.10 Å². The third-order valence-corrected chi connectivity index (χ3v) is 12.5. The lowest BCUT2D eigenvalue weighted by Gasteiger charge is -2.45. The fourth-order valence-corrected chi connectivity index (χ4v) is 10.4. The first-order chi connectivity index (χ1) is 16.9. The maximum atomic E-state index is 15.1. The molecule has 4 rings (SSSR count). The normalized spacial score (nSPS) is 26.4. The van der Waals surface area contributed by atoms with Crippen molar-refractivity contribution in [1.82, 2.24) is 0 Å². The summed E-state index contributed by atoms with van der Waals surface area (Å²) in [7, 11) is -2.94. The molecular formula is C29H37FO5Si. The van der Waals surface area contributed by atoms with Crippen LogP contribution in [0.1, 0.15) is 48.0 Å². The predicted molar refractivity (Wildman–Crippen MR) is 139 cm³/mol. The SMILES string of the molecule is CC(C)(C)C(=O)OCC1C(O[Si](c2ccccc2)(c2ccccc2)C(C)(C)C)CC2OC(=O)C(F)C21. The van der Waals surface area contributed by atoms with Crippen LogP contribution in [0, 0.1) is 17.3 Å². The van der Waals surface area contributed by atoms with Gasteiger partial charge in [0.15, 0.2) is 0 Å². The van der Waals surface area contributed by atoms with Crippen LogP contribution in [0.2, 0.25) is 5.04 Å². The molecule has 0 amide bonds. The minimum atomic E-state index is -2.94. The number of fused-ring (bicyclic) bond motifs is 1. The number of halogens is 1. The van der Waals surface area contributed by atoms with Gasteiger partial charge in [0.05, 0.1) is 18.1 Å². The van der Waals surface area contributed by atoms with Gasteiger partial charge in [-0.25, -0.2) is 9.18 Å². The zero-order valence-electron chi connectivity index (χ0n) is 22.0. The molecule has 2 fully saturated rings. The Kier molecular flexibility index (Phi) is 7.19. The first kappa shape index (κ1) is 26.5. The third-order valence-electron chi connectivity index (χ3n) is 7.46. The number of ether oxygens (including phenoxy) is 2. The first-order valence-corrected chi connectivity index (χ1v) is 14.6. The topological polar surface area (TPSA) is 61.8 Å². The van der Waals surface area contributed by atoms with Crippen LogP contribution in [0.25, 0.3) is 0 Å². The molecule has 0 bridgehead atoms. The molecule has 2 aliphatic rings. The molecule has 1 saturated heterocycles. The van der Waals surface area contributed by atoms with Gasteiger partial charge in [0, 0.05) is 18.3 Å². The van der Waals surface area contributed by atoms with Gasteiger partial charge in [-0.1, -0.05) is 81.4 Å². The zero-order valence-corrected chi connectivity index (χ0v) is 23.0. The largest absolute Gasteiger partial charge is 0.465 e. The summed E-state index contributed by atoms with van der Waals surface area (Å²) in [5.41, 5.74) is -0.691. The van der Waals surface area contributed by atoms with Crippen molar-refractivity contribution in [2.45, 2.75) is 71.4 Å². The van der Waals surface area contributed by atoms with E-state index in [9.17, 15) is 9.59 Å². The minimum Gasteiger partial charge on any atom is -0.465 e. The smallest absolute Gasteiger partial charge is 0.341 e. The van der Waals surface area contributed by atoms with E-state index in [-0.39, 0.29) is 17.6 Å². The van der Waals surface area contributed by atoms with Crippen molar-refractivity contribution >= 4 is 30.6 Å². The Balaban J connectivity index is 1.77. The number of benzene rings is 2. The van der Waals surface area contributed by atoms with E-state index in [4.69, 9.17) is 13.9 Å². The van der Waals surface area contributed by atoms with Crippen LogP contribution in [0.15, 0.2) is 60.7 Å². The van der Waals surface area contributed by atoms with E-state index >= 15 is 4.39 Å². The van der Waals surface area contributed by atoms with Gasteiger partial charge >= 0.3 is 11.9 Å². The average molecular weight is 513 g/mol. The van der Waals surface area contributed by atoms with Crippen molar-refractivity contribution in [1.29, 1.82) is 0 Å². The fourth-order valence-electron chi connectivity index (χ4n) is 5.65. The number of hydrogen-bond acceptors (Lipinski definition) is 5. The van der Waals surface area contributed by atoms with Crippen molar-refractivity contribution < 1.29 is 27.9 Å². The highest BCUT2D eigenvalue weighted by Gasteiger charge is 2.60. The van der Waals surface area contributed by atoms with E-state index in [1.54, 1.807) is 20.8 Å². The number of carbonyl (C=O) groups is 2. The summed E-state index contributed by atoms with van der Waals surface area (Å²) in [5, 5.41) is 1.95. The van der Waals surface area contributed by atoms with Gasteiger partial charge in [0.25, 0.3) is 8.32 Å². The average Bonchev–Trinajstić information content (AvgIpc) is 3.29. The van der Waals surface area contributed by atoms with Gasteiger partial charge in [-0.05, 0) is 36.2 Å². The van der Waals surface area contributed by atoms with Crippen LogP contribution >= 0.6 is 0 Å². The number of hydrogen-bond donors (Lipinski definition) is 0. The summed E-state index contributed by atoms with van der Waals surface area (Å²) >= 11 is 0. The molecule has 1 aliphatic carbocycles. The molecule has 1 heterocycles. The second-order valence-electron chi connectivity index (χ2n) is 12.0. The summed E-state index contributed by atoms with van der Waals surface area (Å²) in [6.07, 6.45) is -2.40. The van der Waals surface area contributed by atoms with Crippen LogP contribution in [0.3, 0.4) is 0 Å². The van der Waals surface area contributed by atoms with Crippen LogP contribution in [0.4, 0.5) is 4.39 Å². The molecule has 0 radical (unpaired) electrons. The Morgan fingerprint density at radius 2 is 1.50 bits per heavy atom.